The molecule has 4 heteroatoms. The summed E-state index contributed by atoms with van der Waals surface area (Å²) in [7, 11) is 0. The molecule has 1 aromatic heterocycles. The second-order valence-electron chi connectivity index (χ2n) is 6.22. The Balaban J connectivity index is 2.28. The number of aromatic nitrogens is 2. The minimum atomic E-state index is 0.646. The number of rotatable bonds is 6. The fourth-order valence-electron chi connectivity index (χ4n) is 2.98. The summed E-state index contributed by atoms with van der Waals surface area (Å²) in [4.78, 5) is 11.7. The molecule has 1 aliphatic carbocycles. The molecule has 1 fully saturated rings. The zero-order valence-corrected chi connectivity index (χ0v) is 13.3. The van der Waals surface area contributed by atoms with E-state index in [-0.39, 0.29) is 0 Å². The van der Waals surface area contributed by atoms with Crippen LogP contribution >= 0.6 is 0 Å². The van der Waals surface area contributed by atoms with E-state index in [0.717, 1.165) is 24.9 Å². The molecule has 0 spiro atoms. The fraction of sp³-hybridized carbons (Fsp3) is 0.750. The maximum Gasteiger partial charge on any atom is 0.224 e. The van der Waals surface area contributed by atoms with E-state index < -0.39 is 0 Å². The Morgan fingerprint density at radius 2 is 2.05 bits per heavy atom. The third kappa shape index (κ3) is 3.62. The highest BCUT2D eigenvalue weighted by atomic mass is 15.2. The molecule has 0 aliphatic heterocycles. The summed E-state index contributed by atoms with van der Waals surface area (Å²) >= 11 is 0. The molecule has 1 N–H and O–H groups in total. The van der Waals surface area contributed by atoms with Crippen molar-refractivity contribution in [3.63, 3.8) is 0 Å². The van der Waals surface area contributed by atoms with Crippen LogP contribution in [-0.2, 0) is 0 Å². The first-order chi connectivity index (χ1) is 9.61. The van der Waals surface area contributed by atoms with Crippen LogP contribution < -0.4 is 10.2 Å². The molecule has 1 aliphatic rings. The van der Waals surface area contributed by atoms with Crippen molar-refractivity contribution >= 4 is 11.8 Å². The van der Waals surface area contributed by atoms with Gasteiger partial charge in [-0.2, -0.15) is 4.98 Å². The Morgan fingerprint density at radius 1 is 1.35 bits per heavy atom. The average molecular weight is 276 g/mol. The highest BCUT2D eigenvalue weighted by Crippen LogP contribution is 2.30. The lowest BCUT2D eigenvalue weighted by molar-refractivity contribution is 0.530. The van der Waals surface area contributed by atoms with Gasteiger partial charge in [-0.05, 0) is 32.6 Å². The monoisotopic (exact) mass is 276 g/mol. The Bertz CT molecular complexity index is 424. The van der Waals surface area contributed by atoms with Gasteiger partial charge in [0, 0.05) is 30.9 Å². The number of anilines is 2. The van der Waals surface area contributed by atoms with Gasteiger partial charge in [0.05, 0.1) is 0 Å². The first kappa shape index (κ1) is 15.1. The van der Waals surface area contributed by atoms with Crippen molar-refractivity contribution in [3.05, 3.63) is 11.8 Å². The van der Waals surface area contributed by atoms with E-state index in [1.807, 2.05) is 6.20 Å². The average Bonchev–Trinajstić information content (AvgIpc) is 2.92. The summed E-state index contributed by atoms with van der Waals surface area (Å²) in [5, 5.41) is 3.23. The van der Waals surface area contributed by atoms with E-state index in [2.05, 4.69) is 42.9 Å². The van der Waals surface area contributed by atoms with Crippen LogP contribution in [0.4, 0.5) is 11.8 Å². The lowest BCUT2D eigenvalue weighted by Crippen LogP contribution is -2.37. The van der Waals surface area contributed by atoms with Gasteiger partial charge >= 0.3 is 0 Å². The first-order valence-electron chi connectivity index (χ1n) is 7.96. The predicted molar refractivity (Wildman–Crippen MR) is 85.4 cm³/mol. The number of nitrogens with zero attached hydrogens (tertiary/aromatic N) is 3. The van der Waals surface area contributed by atoms with Gasteiger partial charge in [-0.3, -0.25) is 0 Å². The molecule has 1 saturated carbocycles. The van der Waals surface area contributed by atoms with Gasteiger partial charge in [0.2, 0.25) is 5.95 Å². The van der Waals surface area contributed by atoms with Crippen molar-refractivity contribution in [3.8, 4) is 0 Å². The van der Waals surface area contributed by atoms with Crippen molar-refractivity contribution in [1.29, 1.82) is 0 Å². The minimum Gasteiger partial charge on any atom is -0.354 e. The molecular formula is C16H28N4. The highest BCUT2D eigenvalue weighted by Gasteiger charge is 2.25. The van der Waals surface area contributed by atoms with Crippen LogP contribution in [0.1, 0.15) is 52.0 Å². The van der Waals surface area contributed by atoms with Gasteiger partial charge in [0.1, 0.15) is 5.82 Å². The van der Waals surface area contributed by atoms with Crippen LogP contribution in [0.15, 0.2) is 6.20 Å². The van der Waals surface area contributed by atoms with Gasteiger partial charge in [-0.1, -0.05) is 26.7 Å². The molecule has 0 unspecified atom stereocenters. The molecule has 0 saturated heterocycles. The number of nitrogens with one attached hydrogen (secondary N) is 1. The van der Waals surface area contributed by atoms with Crippen molar-refractivity contribution in [2.24, 2.45) is 5.92 Å². The predicted octanol–water partition coefficient (Wildman–Crippen LogP) is 3.62. The van der Waals surface area contributed by atoms with Crippen LogP contribution in [-0.4, -0.2) is 29.1 Å². The summed E-state index contributed by atoms with van der Waals surface area (Å²) in [6, 6.07) is 0.653. The summed E-state index contributed by atoms with van der Waals surface area (Å²) in [5.41, 5.74) is 1.18. The molecule has 0 amide bonds. The van der Waals surface area contributed by atoms with Gasteiger partial charge in [0.25, 0.3) is 0 Å². The second-order valence-corrected chi connectivity index (χ2v) is 6.22. The first-order valence-corrected chi connectivity index (χ1v) is 7.96. The maximum absolute atomic E-state index is 4.76. The summed E-state index contributed by atoms with van der Waals surface area (Å²) in [6.07, 6.45) is 7.24. The van der Waals surface area contributed by atoms with Crippen LogP contribution in [0, 0.1) is 12.8 Å². The molecule has 0 radical (unpaired) electrons. The van der Waals surface area contributed by atoms with E-state index in [1.54, 1.807) is 0 Å². The highest BCUT2D eigenvalue weighted by molar-refractivity contribution is 5.50. The Labute approximate surface area is 123 Å². The van der Waals surface area contributed by atoms with Crippen LogP contribution in [0.3, 0.4) is 0 Å². The van der Waals surface area contributed by atoms with Gasteiger partial charge in [0.15, 0.2) is 0 Å². The Kier molecular flexibility index (Phi) is 5.21. The lowest BCUT2D eigenvalue weighted by atomic mass is 10.1. The van der Waals surface area contributed by atoms with E-state index >= 15 is 0 Å². The molecule has 0 atom stereocenters. The van der Waals surface area contributed by atoms with Crippen LogP contribution in [0.5, 0.6) is 0 Å². The molecule has 20 heavy (non-hydrogen) atoms. The molecular weight excluding hydrogens is 248 g/mol. The molecule has 1 aromatic rings. The van der Waals surface area contributed by atoms with Gasteiger partial charge in [-0.25, -0.2) is 4.98 Å². The SMILES string of the molecule is CCNc1ncc(C)c(N(CC(C)C)C2CCCC2)n1. The van der Waals surface area contributed by atoms with Crippen molar-refractivity contribution in [2.45, 2.75) is 59.4 Å². The molecule has 0 bridgehead atoms. The summed E-state index contributed by atoms with van der Waals surface area (Å²) in [6.45, 7) is 10.7. The molecule has 1 heterocycles. The minimum absolute atomic E-state index is 0.646. The van der Waals surface area contributed by atoms with Crippen molar-refractivity contribution in [2.75, 3.05) is 23.3 Å². The zero-order chi connectivity index (χ0) is 14.5. The third-order valence-electron chi connectivity index (χ3n) is 3.88. The second kappa shape index (κ2) is 6.91. The molecule has 2 rings (SSSR count). The van der Waals surface area contributed by atoms with Gasteiger partial charge in [-0.15, -0.1) is 0 Å². The normalized spacial score (nSPS) is 15.8. The largest absolute Gasteiger partial charge is 0.354 e. The maximum atomic E-state index is 4.76. The van der Waals surface area contributed by atoms with E-state index in [4.69, 9.17) is 4.98 Å². The fourth-order valence-corrected chi connectivity index (χ4v) is 2.98. The number of aryl methyl sites for hydroxylation is 1. The third-order valence-corrected chi connectivity index (χ3v) is 3.88. The van der Waals surface area contributed by atoms with Crippen LogP contribution in [0.2, 0.25) is 0 Å². The van der Waals surface area contributed by atoms with Gasteiger partial charge < -0.3 is 10.2 Å². The Hall–Kier alpha value is -1.32. The summed E-state index contributed by atoms with van der Waals surface area (Å²) in [5.74, 6) is 2.52. The van der Waals surface area contributed by atoms with Crippen LogP contribution in [0.25, 0.3) is 0 Å². The van der Waals surface area contributed by atoms with E-state index in [1.165, 1.54) is 31.2 Å². The van der Waals surface area contributed by atoms with E-state index in [0.29, 0.717) is 12.0 Å². The van der Waals surface area contributed by atoms with Crippen molar-refractivity contribution < 1.29 is 0 Å². The molecule has 4 nitrogen and oxygen atoms in total. The molecule has 0 aromatic carbocycles. The van der Waals surface area contributed by atoms with Crippen molar-refractivity contribution in [1.82, 2.24) is 9.97 Å². The number of hydrogen-bond donors (Lipinski definition) is 1. The molecule has 112 valence electrons. The standard InChI is InChI=1S/C16H28N4/c1-5-17-16-18-10-13(4)15(19-16)20(11-12(2)3)14-8-6-7-9-14/h10,12,14H,5-9,11H2,1-4H3,(H,17,18,19). The topological polar surface area (TPSA) is 41.1 Å². The summed E-state index contributed by atoms with van der Waals surface area (Å²) < 4.78 is 0. The number of hydrogen-bond acceptors (Lipinski definition) is 4. The zero-order valence-electron chi connectivity index (χ0n) is 13.3. The lowest BCUT2D eigenvalue weighted by Gasteiger charge is -2.32. The smallest absolute Gasteiger partial charge is 0.224 e. The quantitative estimate of drug-likeness (QED) is 0.861. The van der Waals surface area contributed by atoms with E-state index in [9.17, 15) is 0 Å². The Morgan fingerprint density at radius 3 is 2.65 bits per heavy atom.